The van der Waals surface area contributed by atoms with Crippen LogP contribution in [0.25, 0.3) is 0 Å². The zero-order chi connectivity index (χ0) is 20.0. The molecule has 0 unspecified atom stereocenters. The van der Waals surface area contributed by atoms with E-state index < -0.39 is 37.3 Å². The normalized spacial score (nSPS) is 18.8. The Morgan fingerprint density at radius 3 is 1.42 bits per heavy atom. The van der Waals surface area contributed by atoms with Crippen LogP contribution in [0.5, 0.6) is 0 Å². The van der Waals surface area contributed by atoms with Crippen molar-refractivity contribution in [2.75, 3.05) is 52.4 Å². The van der Waals surface area contributed by atoms with Crippen molar-refractivity contribution in [3.05, 3.63) is 0 Å². The first-order chi connectivity index (χ1) is 12.0. The number of carbonyl (C=O) groups excluding carboxylic acids is 3. The number of halogens is 6. The molecule has 1 N–H and O–H groups in total. The number of hydrogen-bond donors (Lipinski definition) is 1. The maximum atomic E-state index is 12.6. The smallest absolute Gasteiger partial charge is 0.342 e. The summed E-state index contributed by atoms with van der Waals surface area (Å²) in [6.45, 7) is -2.42. The lowest BCUT2D eigenvalue weighted by atomic mass is 10.3. The summed E-state index contributed by atoms with van der Waals surface area (Å²) in [5.41, 5.74) is 0. The zero-order valence-electron chi connectivity index (χ0n) is 13.6. The highest BCUT2D eigenvalue weighted by atomic mass is 19.4. The van der Waals surface area contributed by atoms with Crippen LogP contribution in [0.3, 0.4) is 0 Å². The van der Waals surface area contributed by atoms with Crippen LogP contribution in [0.15, 0.2) is 0 Å². The Morgan fingerprint density at radius 2 is 1.12 bits per heavy atom. The van der Waals surface area contributed by atoms with Crippen molar-refractivity contribution < 1.29 is 40.7 Å². The topological polar surface area (TPSA) is 73.0 Å². The van der Waals surface area contributed by atoms with Crippen LogP contribution in [0, 0.1) is 0 Å². The van der Waals surface area contributed by atoms with E-state index in [2.05, 4.69) is 5.32 Å². The lowest BCUT2D eigenvalue weighted by Crippen LogP contribution is -2.51. The summed E-state index contributed by atoms with van der Waals surface area (Å²) in [5.74, 6) is -4.12. The van der Waals surface area contributed by atoms with E-state index in [-0.39, 0.29) is 45.7 Å². The number of rotatable bonds is 1. The summed E-state index contributed by atoms with van der Waals surface area (Å²) in [6.07, 6.45) is -9.89. The third-order valence-corrected chi connectivity index (χ3v) is 3.64. The largest absolute Gasteiger partial charge is 0.471 e. The molecule has 1 aliphatic rings. The first kappa shape index (κ1) is 22.0. The molecule has 7 nitrogen and oxygen atoms in total. The van der Waals surface area contributed by atoms with Crippen molar-refractivity contribution in [3.8, 4) is 0 Å². The van der Waals surface area contributed by atoms with Gasteiger partial charge in [0.05, 0.1) is 0 Å². The molecule has 1 saturated heterocycles. The molecule has 0 aliphatic carbocycles. The summed E-state index contributed by atoms with van der Waals surface area (Å²) < 4.78 is 75.5. The van der Waals surface area contributed by atoms with Gasteiger partial charge in [0.25, 0.3) is 0 Å². The quantitative estimate of drug-likeness (QED) is 0.497. The SMILES string of the molecule is O=CN1CCN(C(=O)C(F)(F)F)CCNCCN(C(=O)C(F)(F)F)CC1. The van der Waals surface area contributed by atoms with E-state index in [4.69, 9.17) is 0 Å². The third kappa shape index (κ3) is 6.69. The van der Waals surface area contributed by atoms with Crippen LogP contribution in [0.4, 0.5) is 26.3 Å². The maximum Gasteiger partial charge on any atom is 0.471 e. The van der Waals surface area contributed by atoms with Gasteiger partial charge in [0.1, 0.15) is 0 Å². The Labute approximate surface area is 144 Å². The summed E-state index contributed by atoms with van der Waals surface area (Å²) in [6, 6.07) is 0. The van der Waals surface area contributed by atoms with Gasteiger partial charge in [-0.3, -0.25) is 14.4 Å². The van der Waals surface area contributed by atoms with Crippen molar-refractivity contribution in [1.29, 1.82) is 0 Å². The van der Waals surface area contributed by atoms with Crippen LogP contribution in [0.2, 0.25) is 0 Å². The van der Waals surface area contributed by atoms with Gasteiger partial charge in [-0.15, -0.1) is 0 Å². The second-order valence-electron chi connectivity index (χ2n) is 5.47. The number of carbonyl (C=O) groups is 3. The fourth-order valence-corrected chi connectivity index (χ4v) is 2.26. The number of hydrogen-bond acceptors (Lipinski definition) is 4. The molecule has 0 atom stereocenters. The summed E-state index contributed by atoms with van der Waals surface area (Å²) >= 11 is 0. The molecular formula is C13H18F6N4O3. The molecule has 0 aromatic carbocycles. The molecule has 26 heavy (non-hydrogen) atoms. The Morgan fingerprint density at radius 1 is 0.731 bits per heavy atom. The molecule has 1 rings (SSSR count). The summed E-state index contributed by atoms with van der Waals surface area (Å²) in [7, 11) is 0. The molecule has 3 amide bonds. The molecule has 1 aliphatic heterocycles. The fourth-order valence-electron chi connectivity index (χ4n) is 2.26. The minimum atomic E-state index is -5.07. The number of alkyl halides is 6. The van der Waals surface area contributed by atoms with Crippen molar-refractivity contribution in [2.45, 2.75) is 12.4 Å². The lowest BCUT2D eigenvalue weighted by molar-refractivity contribution is -0.186. The van der Waals surface area contributed by atoms with Gasteiger partial charge in [0, 0.05) is 52.4 Å². The van der Waals surface area contributed by atoms with Gasteiger partial charge in [0.2, 0.25) is 6.41 Å². The van der Waals surface area contributed by atoms with Crippen LogP contribution in [-0.2, 0) is 14.4 Å². The molecule has 13 heteroatoms. The Bertz CT molecular complexity index is 471. The standard InChI is InChI=1S/C13H18F6N4O3/c14-12(15,16)10(25)22-3-1-20-2-4-23(11(26)13(17,18)19)8-6-21(9-24)5-7-22/h9,20H,1-8H2. The van der Waals surface area contributed by atoms with Crippen molar-refractivity contribution >= 4 is 18.2 Å². The zero-order valence-corrected chi connectivity index (χ0v) is 13.6. The molecule has 1 heterocycles. The highest BCUT2D eigenvalue weighted by Crippen LogP contribution is 2.19. The van der Waals surface area contributed by atoms with E-state index >= 15 is 0 Å². The van der Waals surface area contributed by atoms with Gasteiger partial charge >= 0.3 is 24.2 Å². The van der Waals surface area contributed by atoms with Crippen molar-refractivity contribution in [2.24, 2.45) is 0 Å². The van der Waals surface area contributed by atoms with Crippen LogP contribution >= 0.6 is 0 Å². The van der Waals surface area contributed by atoms with E-state index in [1.54, 1.807) is 0 Å². The van der Waals surface area contributed by atoms with Crippen LogP contribution < -0.4 is 5.32 Å². The minimum absolute atomic E-state index is 0.114. The van der Waals surface area contributed by atoms with E-state index in [1.807, 2.05) is 0 Å². The molecular weight excluding hydrogens is 374 g/mol. The molecule has 0 aromatic heterocycles. The van der Waals surface area contributed by atoms with Crippen LogP contribution in [-0.4, -0.2) is 97.6 Å². The van der Waals surface area contributed by atoms with E-state index in [0.29, 0.717) is 9.80 Å². The average Bonchev–Trinajstić information content (AvgIpc) is 2.52. The number of nitrogens with one attached hydrogen (secondary N) is 1. The van der Waals surface area contributed by atoms with Gasteiger partial charge in [-0.2, -0.15) is 26.3 Å². The molecule has 1 fully saturated rings. The lowest BCUT2D eigenvalue weighted by Gasteiger charge is -2.30. The van der Waals surface area contributed by atoms with Crippen molar-refractivity contribution in [1.82, 2.24) is 20.0 Å². The molecule has 0 aromatic rings. The van der Waals surface area contributed by atoms with Gasteiger partial charge in [-0.05, 0) is 0 Å². The molecule has 0 spiro atoms. The van der Waals surface area contributed by atoms with E-state index in [1.165, 1.54) is 0 Å². The second kappa shape index (κ2) is 9.05. The summed E-state index contributed by atoms with van der Waals surface area (Å²) in [4.78, 5) is 35.7. The Hall–Kier alpha value is -2.05. The second-order valence-corrected chi connectivity index (χ2v) is 5.47. The van der Waals surface area contributed by atoms with Gasteiger partial charge < -0.3 is 20.0 Å². The Kier molecular flexibility index (Phi) is 7.66. The van der Waals surface area contributed by atoms with Gasteiger partial charge in [-0.1, -0.05) is 0 Å². The van der Waals surface area contributed by atoms with Gasteiger partial charge in [-0.25, -0.2) is 0 Å². The fraction of sp³-hybridized carbons (Fsp3) is 0.769. The predicted molar refractivity (Wildman–Crippen MR) is 75.8 cm³/mol. The maximum absolute atomic E-state index is 12.6. The van der Waals surface area contributed by atoms with E-state index in [0.717, 1.165) is 4.90 Å². The molecule has 0 radical (unpaired) electrons. The first-order valence-electron chi connectivity index (χ1n) is 7.59. The van der Waals surface area contributed by atoms with Crippen molar-refractivity contribution in [3.63, 3.8) is 0 Å². The van der Waals surface area contributed by atoms with Crippen LogP contribution in [0.1, 0.15) is 0 Å². The Balaban J connectivity index is 2.82. The van der Waals surface area contributed by atoms with E-state index in [9.17, 15) is 40.7 Å². The molecule has 0 bridgehead atoms. The number of nitrogens with zero attached hydrogens (tertiary/aromatic N) is 3. The highest BCUT2D eigenvalue weighted by molar-refractivity contribution is 5.82. The third-order valence-electron chi connectivity index (χ3n) is 3.64. The summed E-state index contributed by atoms with van der Waals surface area (Å²) in [5, 5.41) is 2.60. The minimum Gasteiger partial charge on any atom is -0.342 e. The predicted octanol–water partition coefficient (Wildman–Crippen LogP) is -0.170. The van der Waals surface area contributed by atoms with Gasteiger partial charge in [0.15, 0.2) is 0 Å². The molecule has 150 valence electrons. The first-order valence-corrected chi connectivity index (χ1v) is 7.59. The highest BCUT2D eigenvalue weighted by Gasteiger charge is 2.43. The average molecular weight is 392 g/mol. The molecule has 0 saturated carbocycles. The monoisotopic (exact) mass is 392 g/mol. The number of amides is 3.